The summed E-state index contributed by atoms with van der Waals surface area (Å²) in [5.74, 6) is 6.74. The van der Waals surface area contributed by atoms with Gasteiger partial charge < -0.3 is 10.1 Å². The van der Waals surface area contributed by atoms with E-state index in [1.807, 2.05) is 54.6 Å². The highest BCUT2D eigenvalue weighted by atomic mass is 32.1. The van der Waals surface area contributed by atoms with Crippen molar-refractivity contribution < 1.29 is 4.74 Å². The Morgan fingerprint density at radius 2 is 1.74 bits per heavy atom. The molecular formula is C16H13NOS. The number of ether oxygens (including phenoxy) is 1. The maximum absolute atomic E-state index is 5.18. The molecule has 0 spiro atoms. The van der Waals surface area contributed by atoms with Gasteiger partial charge in [-0.25, -0.2) is 0 Å². The van der Waals surface area contributed by atoms with Gasteiger partial charge in [0.05, 0.1) is 7.11 Å². The Bertz CT molecular complexity index is 609. The van der Waals surface area contributed by atoms with E-state index < -0.39 is 0 Å². The monoisotopic (exact) mass is 267 g/mol. The van der Waals surface area contributed by atoms with E-state index in [1.54, 1.807) is 7.11 Å². The molecular weight excluding hydrogens is 254 g/mol. The Morgan fingerprint density at radius 3 is 2.37 bits per heavy atom. The van der Waals surface area contributed by atoms with Crippen LogP contribution in [0.25, 0.3) is 0 Å². The van der Waals surface area contributed by atoms with Crippen LogP contribution in [0.3, 0.4) is 0 Å². The van der Waals surface area contributed by atoms with Crippen LogP contribution in [0.2, 0.25) is 0 Å². The molecule has 0 unspecified atom stereocenters. The molecule has 0 amide bonds. The van der Waals surface area contributed by atoms with Crippen LogP contribution in [0.15, 0.2) is 54.6 Å². The number of anilines is 1. The number of rotatable bonds is 2. The molecule has 94 valence electrons. The molecule has 0 saturated heterocycles. The quantitative estimate of drug-likeness (QED) is 0.665. The maximum atomic E-state index is 5.18. The molecule has 2 rings (SSSR count). The third kappa shape index (κ3) is 4.13. The van der Waals surface area contributed by atoms with Crippen LogP contribution in [-0.4, -0.2) is 12.1 Å². The van der Waals surface area contributed by atoms with Crippen molar-refractivity contribution >= 4 is 22.9 Å². The minimum Gasteiger partial charge on any atom is -0.497 e. The van der Waals surface area contributed by atoms with Crippen LogP contribution in [0, 0.1) is 11.8 Å². The molecule has 0 bridgehead atoms. The lowest BCUT2D eigenvalue weighted by molar-refractivity contribution is 0.415. The highest BCUT2D eigenvalue weighted by Crippen LogP contribution is 2.14. The fourth-order valence-electron chi connectivity index (χ4n) is 1.49. The van der Waals surface area contributed by atoms with Crippen molar-refractivity contribution in [2.24, 2.45) is 0 Å². The predicted octanol–water partition coefficient (Wildman–Crippen LogP) is 3.49. The van der Waals surface area contributed by atoms with Crippen molar-refractivity contribution in [3.05, 3.63) is 60.2 Å². The summed E-state index contributed by atoms with van der Waals surface area (Å²) in [5, 5.41) is 3.07. The first-order chi connectivity index (χ1) is 9.28. The van der Waals surface area contributed by atoms with Crippen LogP contribution < -0.4 is 10.1 Å². The van der Waals surface area contributed by atoms with Gasteiger partial charge in [0.25, 0.3) is 0 Å². The van der Waals surface area contributed by atoms with Gasteiger partial charge in [-0.15, -0.1) is 0 Å². The Balaban J connectivity index is 1.99. The lowest BCUT2D eigenvalue weighted by Crippen LogP contribution is -2.05. The van der Waals surface area contributed by atoms with E-state index in [0.717, 1.165) is 17.0 Å². The van der Waals surface area contributed by atoms with E-state index in [4.69, 9.17) is 17.0 Å². The summed E-state index contributed by atoms with van der Waals surface area (Å²) >= 11 is 5.18. The molecule has 0 aliphatic rings. The summed E-state index contributed by atoms with van der Waals surface area (Å²) in [5.41, 5.74) is 1.84. The first-order valence-electron chi connectivity index (χ1n) is 5.80. The fourth-order valence-corrected chi connectivity index (χ4v) is 1.66. The molecule has 0 radical (unpaired) electrons. The zero-order chi connectivity index (χ0) is 13.5. The lowest BCUT2D eigenvalue weighted by Gasteiger charge is -2.04. The normalized spacial score (nSPS) is 9.11. The van der Waals surface area contributed by atoms with Crippen LogP contribution in [0.5, 0.6) is 5.75 Å². The second-order valence-corrected chi connectivity index (χ2v) is 4.21. The number of methoxy groups -OCH3 is 1. The van der Waals surface area contributed by atoms with E-state index in [-0.39, 0.29) is 0 Å². The molecule has 2 aromatic carbocycles. The Hall–Kier alpha value is -2.31. The van der Waals surface area contributed by atoms with E-state index in [1.165, 1.54) is 0 Å². The minimum atomic E-state index is 0.494. The highest BCUT2D eigenvalue weighted by Gasteiger charge is 1.95. The third-order valence-corrected chi connectivity index (χ3v) is 2.65. The van der Waals surface area contributed by atoms with E-state index in [9.17, 15) is 0 Å². The molecule has 0 fully saturated rings. The molecule has 0 aliphatic heterocycles. The third-order valence-electron chi connectivity index (χ3n) is 2.44. The van der Waals surface area contributed by atoms with Gasteiger partial charge >= 0.3 is 0 Å². The summed E-state index contributed by atoms with van der Waals surface area (Å²) in [6.07, 6.45) is 0. The summed E-state index contributed by atoms with van der Waals surface area (Å²) < 4.78 is 5.09. The van der Waals surface area contributed by atoms with Gasteiger partial charge in [0.2, 0.25) is 0 Å². The second kappa shape index (κ2) is 6.58. The highest BCUT2D eigenvalue weighted by molar-refractivity contribution is 7.81. The van der Waals surface area contributed by atoms with Crippen LogP contribution in [0.4, 0.5) is 5.69 Å². The van der Waals surface area contributed by atoms with Crippen LogP contribution in [0.1, 0.15) is 5.56 Å². The largest absolute Gasteiger partial charge is 0.497 e. The summed E-state index contributed by atoms with van der Waals surface area (Å²) in [6.45, 7) is 0. The van der Waals surface area contributed by atoms with Crippen molar-refractivity contribution in [3.63, 3.8) is 0 Å². The van der Waals surface area contributed by atoms with Crippen molar-refractivity contribution in [1.29, 1.82) is 0 Å². The van der Waals surface area contributed by atoms with Crippen LogP contribution in [-0.2, 0) is 0 Å². The van der Waals surface area contributed by atoms with Crippen molar-refractivity contribution in [2.45, 2.75) is 0 Å². The summed E-state index contributed by atoms with van der Waals surface area (Å²) in [4.78, 5) is 0.494. The average Bonchev–Trinajstić information content (AvgIpc) is 2.47. The fraction of sp³-hybridized carbons (Fsp3) is 0.0625. The van der Waals surface area contributed by atoms with Crippen molar-refractivity contribution in [2.75, 3.05) is 12.4 Å². The molecule has 19 heavy (non-hydrogen) atoms. The standard InChI is InChI=1S/C16H13NOS/c1-18-15-10-8-14(9-11-15)17-16(19)12-7-13-5-3-2-4-6-13/h2-6,8-11H,1H3,(H,17,19). The number of hydrogen-bond donors (Lipinski definition) is 1. The molecule has 0 aromatic heterocycles. The second-order valence-electron chi connectivity index (χ2n) is 3.80. The molecule has 3 heteroatoms. The van der Waals surface area contributed by atoms with Crippen molar-refractivity contribution in [1.82, 2.24) is 0 Å². The molecule has 2 nitrogen and oxygen atoms in total. The van der Waals surface area contributed by atoms with Gasteiger partial charge in [0.1, 0.15) is 5.75 Å². The number of hydrogen-bond acceptors (Lipinski definition) is 2. The SMILES string of the molecule is COc1ccc(NC(=S)C#Cc2ccccc2)cc1. The zero-order valence-corrected chi connectivity index (χ0v) is 11.3. The average molecular weight is 267 g/mol. The van der Waals surface area contributed by atoms with Gasteiger partial charge in [-0.1, -0.05) is 36.3 Å². The molecule has 0 heterocycles. The molecule has 2 aromatic rings. The zero-order valence-electron chi connectivity index (χ0n) is 10.5. The van der Waals surface area contributed by atoms with Gasteiger partial charge in [0, 0.05) is 11.3 Å². The Morgan fingerprint density at radius 1 is 1.05 bits per heavy atom. The minimum absolute atomic E-state index is 0.494. The number of thiocarbonyl (C=S) groups is 1. The maximum Gasteiger partial charge on any atom is 0.155 e. The molecule has 0 atom stereocenters. The summed E-state index contributed by atoms with van der Waals surface area (Å²) in [7, 11) is 1.64. The van der Waals surface area contributed by atoms with E-state index in [2.05, 4.69) is 17.2 Å². The van der Waals surface area contributed by atoms with Crippen molar-refractivity contribution in [3.8, 4) is 17.6 Å². The smallest absolute Gasteiger partial charge is 0.155 e. The first-order valence-corrected chi connectivity index (χ1v) is 6.21. The Labute approximate surface area is 118 Å². The predicted molar refractivity (Wildman–Crippen MR) is 82.5 cm³/mol. The van der Waals surface area contributed by atoms with Gasteiger partial charge in [-0.3, -0.25) is 0 Å². The van der Waals surface area contributed by atoms with E-state index in [0.29, 0.717) is 4.99 Å². The molecule has 0 aliphatic carbocycles. The lowest BCUT2D eigenvalue weighted by atomic mass is 10.2. The van der Waals surface area contributed by atoms with Crippen LogP contribution >= 0.6 is 12.2 Å². The molecule has 1 N–H and O–H groups in total. The topological polar surface area (TPSA) is 21.3 Å². The Kier molecular flexibility index (Phi) is 4.54. The molecule has 0 saturated carbocycles. The first kappa shape index (κ1) is 13.1. The van der Waals surface area contributed by atoms with E-state index >= 15 is 0 Å². The van der Waals surface area contributed by atoms with Gasteiger partial charge in [-0.05, 0) is 42.3 Å². The summed E-state index contributed by atoms with van der Waals surface area (Å²) in [6, 6.07) is 17.3. The number of benzene rings is 2. The van der Waals surface area contributed by atoms with Gasteiger partial charge in [0.15, 0.2) is 4.99 Å². The van der Waals surface area contributed by atoms with Gasteiger partial charge in [-0.2, -0.15) is 0 Å². The number of nitrogens with one attached hydrogen (secondary N) is 1.